The van der Waals surface area contributed by atoms with Gasteiger partial charge in [0.1, 0.15) is 12.4 Å². The maximum atomic E-state index is 13.6. The summed E-state index contributed by atoms with van der Waals surface area (Å²) in [5.41, 5.74) is 2.61. The van der Waals surface area contributed by atoms with Gasteiger partial charge < -0.3 is 9.88 Å². The van der Waals surface area contributed by atoms with Crippen LogP contribution in [0.1, 0.15) is 5.56 Å². The molecule has 4 heteroatoms. The first kappa shape index (κ1) is 13.4. The van der Waals surface area contributed by atoms with Gasteiger partial charge in [0.05, 0.1) is 5.52 Å². The highest BCUT2D eigenvalue weighted by atomic mass is 19.1. The van der Waals surface area contributed by atoms with E-state index in [1.165, 1.54) is 6.07 Å². The van der Waals surface area contributed by atoms with E-state index in [0.717, 1.165) is 11.3 Å². The summed E-state index contributed by atoms with van der Waals surface area (Å²) in [5, 5.41) is 3.36. The lowest BCUT2D eigenvalue weighted by Crippen LogP contribution is -2.18. The van der Waals surface area contributed by atoms with Crippen LogP contribution in [0.3, 0.4) is 0 Å². The number of nitrogens with one attached hydrogen (secondary N) is 1. The number of carbonyl (C=O) groups excluding carboxylic acids is 1. The fourth-order valence-electron chi connectivity index (χ4n) is 2.32. The Hall–Kier alpha value is -2.62. The number of amides is 1. The van der Waals surface area contributed by atoms with E-state index < -0.39 is 0 Å². The third kappa shape index (κ3) is 2.79. The molecule has 0 fully saturated rings. The van der Waals surface area contributed by atoms with E-state index in [4.69, 9.17) is 0 Å². The van der Waals surface area contributed by atoms with Crippen LogP contribution in [0.4, 0.5) is 10.1 Å². The lowest BCUT2D eigenvalue weighted by atomic mass is 10.2. The van der Waals surface area contributed by atoms with Crippen molar-refractivity contribution in [3.63, 3.8) is 0 Å². The molecule has 3 rings (SSSR count). The van der Waals surface area contributed by atoms with E-state index in [9.17, 15) is 9.18 Å². The molecular formula is C17H15FN2O. The number of aromatic nitrogens is 1. The molecule has 106 valence electrons. The average molecular weight is 282 g/mol. The van der Waals surface area contributed by atoms with Gasteiger partial charge in [0, 0.05) is 17.3 Å². The quantitative estimate of drug-likeness (QED) is 0.780. The van der Waals surface area contributed by atoms with Gasteiger partial charge in [0.2, 0.25) is 5.91 Å². The predicted octanol–water partition coefficient (Wildman–Crippen LogP) is 3.73. The number of halogens is 1. The van der Waals surface area contributed by atoms with Crippen molar-refractivity contribution in [1.29, 1.82) is 0 Å². The smallest absolute Gasteiger partial charge is 0.244 e. The van der Waals surface area contributed by atoms with E-state index in [0.29, 0.717) is 10.9 Å². The SMILES string of the molecule is Cc1ccc(NC(=O)Cn2ccc3c(F)cccc32)cc1. The Morgan fingerprint density at radius 1 is 1.14 bits per heavy atom. The maximum Gasteiger partial charge on any atom is 0.244 e. The van der Waals surface area contributed by atoms with E-state index in [-0.39, 0.29) is 18.3 Å². The van der Waals surface area contributed by atoms with Crippen molar-refractivity contribution in [1.82, 2.24) is 4.57 Å². The Kier molecular flexibility index (Phi) is 3.44. The molecule has 0 saturated heterocycles. The molecule has 3 nitrogen and oxygen atoms in total. The zero-order valence-electron chi connectivity index (χ0n) is 11.6. The highest BCUT2D eigenvalue weighted by Gasteiger charge is 2.08. The first-order valence-electron chi connectivity index (χ1n) is 6.73. The molecule has 0 aliphatic rings. The minimum atomic E-state index is -0.273. The summed E-state index contributed by atoms with van der Waals surface area (Å²) in [6, 6.07) is 14.2. The summed E-state index contributed by atoms with van der Waals surface area (Å²) in [4.78, 5) is 12.1. The molecule has 2 aromatic carbocycles. The van der Waals surface area contributed by atoms with Crippen molar-refractivity contribution in [2.45, 2.75) is 13.5 Å². The number of carbonyl (C=O) groups is 1. The second kappa shape index (κ2) is 5.40. The molecule has 0 bridgehead atoms. The number of benzene rings is 2. The van der Waals surface area contributed by atoms with Gasteiger partial charge >= 0.3 is 0 Å². The highest BCUT2D eigenvalue weighted by molar-refractivity contribution is 5.92. The van der Waals surface area contributed by atoms with Crippen LogP contribution in [0, 0.1) is 12.7 Å². The van der Waals surface area contributed by atoms with Crippen LogP contribution in [-0.2, 0) is 11.3 Å². The van der Waals surface area contributed by atoms with E-state index >= 15 is 0 Å². The molecular weight excluding hydrogens is 267 g/mol. The molecule has 1 heterocycles. The normalized spacial score (nSPS) is 10.8. The number of hydrogen-bond donors (Lipinski definition) is 1. The summed E-state index contributed by atoms with van der Waals surface area (Å²) in [6.07, 6.45) is 1.72. The third-order valence-electron chi connectivity index (χ3n) is 3.41. The van der Waals surface area contributed by atoms with Crippen molar-refractivity contribution in [3.8, 4) is 0 Å². The highest BCUT2D eigenvalue weighted by Crippen LogP contribution is 2.19. The number of rotatable bonds is 3. The Bertz CT molecular complexity index is 790. The first-order valence-corrected chi connectivity index (χ1v) is 6.73. The van der Waals surface area contributed by atoms with Crippen molar-refractivity contribution < 1.29 is 9.18 Å². The Morgan fingerprint density at radius 3 is 2.67 bits per heavy atom. The van der Waals surface area contributed by atoms with Gasteiger partial charge in [0.15, 0.2) is 0 Å². The molecule has 0 spiro atoms. The van der Waals surface area contributed by atoms with Crippen LogP contribution in [0.15, 0.2) is 54.7 Å². The second-order valence-corrected chi connectivity index (χ2v) is 5.03. The van der Waals surface area contributed by atoms with Crippen molar-refractivity contribution >= 4 is 22.5 Å². The molecule has 21 heavy (non-hydrogen) atoms. The minimum absolute atomic E-state index is 0.138. The van der Waals surface area contributed by atoms with Gasteiger partial charge in [-0.15, -0.1) is 0 Å². The van der Waals surface area contributed by atoms with E-state index in [1.807, 2.05) is 31.2 Å². The largest absolute Gasteiger partial charge is 0.338 e. The van der Waals surface area contributed by atoms with Gasteiger partial charge in [0.25, 0.3) is 0 Å². The fourth-order valence-corrected chi connectivity index (χ4v) is 2.32. The van der Waals surface area contributed by atoms with Crippen LogP contribution in [0.25, 0.3) is 10.9 Å². The van der Waals surface area contributed by atoms with Crippen LogP contribution >= 0.6 is 0 Å². The van der Waals surface area contributed by atoms with Gasteiger partial charge in [-0.3, -0.25) is 4.79 Å². The monoisotopic (exact) mass is 282 g/mol. The summed E-state index contributed by atoms with van der Waals surface area (Å²) in [6.45, 7) is 2.15. The van der Waals surface area contributed by atoms with Gasteiger partial charge in [-0.2, -0.15) is 0 Å². The minimum Gasteiger partial charge on any atom is -0.338 e. The third-order valence-corrected chi connectivity index (χ3v) is 3.41. The number of nitrogens with zero attached hydrogens (tertiary/aromatic N) is 1. The van der Waals surface area contributed by atoms with Crippen LogP contribution in [0.5, 0.6) is 0 Å². The molecule has 0 aliphatic carbocycles. The molecule has 0 saturated carbocycles. The van der Waals surface area contributed by atoms with Crippen molar-refractivity contribution in [2.75, 3.05) is 5.32 Å². The maximum absolute atomic E-state index is 13.6. The molecule has 0 atom stereocenters. The molecule has 1 aromatic heterocycles. The summed E-state index contributed by atoms with van der Waals surface area (Å²) >= 11 is 0. The Labute approximate surface area is 122 Å². The predicted molar refractivity (Wildman–Crippen MR) is 81.7 cm³/mol. The fraction of sp³-hybridized carbons (Fsp3) is 0.118. The Morgan fingerprint density at radius 2 is 1.90 bits per heavy atom. The zero-order valence-corrected chi connectivity index (χ0v) is 11.6. The lowest BCUT2D eigenvalue weighted by molar-refractivity contribution is -0.116. The van der Waals surface area contributed by atoms with Crippen LogP contribution in [-0.4, -0.2) is 10.5 Å². The summed E-state index contributed by atoms with van der Waals surface area (Å²) < 4.78 is 15.3. The number of hydrogen-bond acceptors (Lipinski definition) is 1. The molecule has 1 N–H and O–H groups in total. The van der Waals surface area contributed by atoms with Crippen molar-refractivity contribution in [2.24, 2.45) is 0 Å². The average Bonchev–Trinajstić information content (AvgIpc) is 2.86. The number of anilines is 1. The standard InChI is InChI=1S/C17H15FN2O/c1-12-5-7-13(8-6-12)19-17(21)11-20-10-9-14-15(18)3-2-4-16(14)20/h2-10H,11H2,1H3,(H,19,21). The zero-order chi connectivity index (χ0) is 14.8. The molecule has 0 aliphatic heterocycles. The number of fused-ring (bicyclic) bond motifs is 1. The van der Waals surface area contributed by atoms with Gasteiger partial charge in [-0.05, 0) is 37.3 Å². The summed E-state index contributed by atoms with van der Waals surface area (Å²) in [7, 11) is 0. The van der Waals surface area contributed by atoms with Crippen LogP contribution < -0.4 is 5.32 Å². The number of aryl methyl sites for hydroxylation is 1. The molecule has 3 aromatic rings. The first-order chi connectivity index (χ1) is 10.1. The lowest BCUT2D eigenvalue weighted by Gasteiger charge is -2.08. The summed E-state index contributed by atoms with van der Waals surface area (Å²) in [5.74, 6) is -0.411. The molecule has 1 amide bonds. The van der Waals surface area contributed by atoms with Gasteiger partial charge in [-0.25, -0.2) is 4.39 Å². The van der Waals surface area contributed by atoms with Crippen LogP contribution in [0.2, 0.25) is 0 Å². The Balaban J connectivity index is 1.77. The van der Waals surface area contributed by atoms with E-state index in [2.05, 4.69) is 5.32 Å². The van der Waals surface area contributed by atoms with E-state index in [1.54, 1.807) is 29.0 Å². The topological polar surface area (TPSA) is 34.0 Å². The van der Waals surface area contributed by atoms with Gasteiger partial charge in [-0.1, -0.05) is 23.8 Å². The molecule has 0 unspecified atom stereocenters. The second-order valence-electron chi connectivity index (χ2n) is 5.03. The molecule has 0 radical (unpaired) electrons. The van der Waals surface area contributed by atoms with Crippen molar-refractivity contribution in [3.05, 3.63) is 66.1 Å².